The first-order chi connectivity index (χ1) is 14.4. The zero-order valence-corrected chi connectivity index (χ0v) is 18.4. The predicted octanol–water partition coefficient (Wildman–Crippen LogP) is 7.03. The van der Waals surface area contributed by atoms with Crippen molar-refractivity contribution in [3.63, 3.8) is 0 Å². The molecule has 0 unspecified atom stereocenters. The van der Waals surface area contributed by atoms with Crippen molar-refractivity contribution in [1.82, 2.24) is 14.5 Å². The normalized spacial score (nSPS) is 11.1. The molecule has 5 aromatic heterocycles. The Labute approximate surface area is 192 Å². The van der Waals surface area contributed by atoms with Gasteiger partial charge in [0.2, 0.25) is 0 Å². The van der Waals surface area contributed by atoms with Crippen LogP contribution in [0.4, 0.5) is 0 Å². The maximum Gasteiger partial charge on any atom is 0.0985 e. The number of thiophene rings is 2. The molecule has 0 aliphatic carbocycles. The van der Waals surface area contributed by atoms with Crippen molar-refractivity contribution in [2.24, 2.45) is 0 Å². The molecule has 0 bridgehead atoms. The number of rotatable bonds is 3. The number of benzene rings is 1. The fourth-order valence-electron chi connectivity index (χ4n) is 3.87. The summed E-state index contributed by atoms with van der Waals surface area (Å²) >= 11 is 3.52. The van der Waals surface area contributed by atoms with Crippen molar-refractivity contribution in [2.75, 3.05) is 0 Å². The van der Waals surface area contributed by atoms with Crippen LogP contribution in [0.25, 0.3) is 48.6 Å². The fraction of sp³-hybridized carbons (Fsp3) is 0. The monoisotopic (exact) mass is 465 g/mol. The number of nitrogens with zero attached hydrogens (tertiary/aromatic N) is 3. The Balaban J connectivity index is 0.00000193. The van der Waals surface area contributed by atoms with Crippen LogP contribution in [0, 0.1) is 0 Å². The van der Waals surface area contributed by atoms with Gasteiger partial charge in [-0.25, -0.2) is 0 Å². The molecule has 0 saturated heterocycles. The van der Waals surface area contributed by atoms with E-state index in [-0.39, 0.29) is 17.1 Å². The van der Waals surface area contributed by atoms with Crippen LogP contribution in [0.5, 0.6) is 0 Å². The Bertz CT molecular complexity index is 1400. The van der Waals surface area contributed by atoms with E-state index in [0.717, 1.165) is 27.5 Å². The summed E-state index contributed by atoms with van der Waals surface area (Å²) in [5.74, 6) is 0. The number of fused-ring (bicyclic) bond motifs is 3. The quantitative estimate of drug-likeness (QED) is 0.208. The van der Waals surface area contributed by atoms with Crippen molar-refractivity contribution >= 4 is 44.5 Å². The van der Waals surface area contributed by atoms with Crippen molar-refractivity contribution in [1.29, 1.82) is 0 Å². The van der Waals surface area contributed by atoms with E-state index in [0.29, 0.717) is 0 Å². The third-order valence-electron chi connectivity index (χ3n) is 5.11. The molecule has 0 amide bonds. The predicted molar refractivity (Wildman–Crippen MR) is 123 cm³/mol. The molecule has 0 spiro atoms. The van der Waals surface area contributed by atoms with E-state index in [1.54, 1.807) is 22.7 Å². The van der Waals surface area contributed by atoms with Crippen LogP contribution in [0.1, 0.15) is 0 Å². The molecular weight excluding hydrogens is 450 g/mol. The van der Waals surface area contributed by atoms with Crippen LogP contribution < -0.4 is 0 Å². The Hall–Kier alpha value is -2.76. The Morgan fingerprint density at radius 2 is 1.30 bits per heavy atom. The van der Waals surface area contributed by atoms with Crippen LogP contribution in [0.2, 0.25) is 0 Å². The van der Waals surface area contributed by atoms with Crippen LogP contribution >= 0.6 is 22.7 Å². The molecule has 0 atom stereocenters. The van der Waals surface area contributed by atoms with E-state index in [9.17, 15) is 0 Å². The van der Waals surface area contributed by atoms with Gasteiger partial charge in [0.15, 0.2) is 0 Å². The van der Waals surface area contributed by atoms with E-state index >= 15 is 0 Å². The molecule has 0 aliphatic heterocycles. The smallest absolute Gasteiger partial charge is 0.0985 e. The van der Waals surface area contributed by atoms with E-state index in [1.165, 1.54) is 21.1 Å². The summed E-state index contributed by atoms with van der Waals surface area (Å²) in [5, 5.41) is 6.45. The molecule has 0 N–H and O–H groups in total. The standard InChI is InChI=1S/C24H15N3S2.Fe/c1-5-16-15-20(17-6-2-12-26-24(17)23(16)25-11-1)27-18(21-7-3-13-28-21)9-10-19(27)22-8-4-14-29-22;/h1-15H;. The first-order valence-corrected chi connectivity index (χ1v) is 11.1. The molecule has 5 heterocycles. The van der Waals surface area contributed by atoms with Crippen molar-refractivity contribution < 1.29 is 17.1 Å². The molecule has 6 heteroatoms. The summed E-state index contributed by atoms with van der Waals surface area (Å²) in [6.07, 6.45) is 3.68. The average Bonchev–Trinajstić information content (AvgIpc) is 3.54. The van der Waals surface area contributed by atoms with Gasteiger partial charge in [-0.2, -0.15) is 0 Å². The summed E-state index contributed by atoms with van der Waals surface area (Å²) < 4.78 is 2.37. The second-order valence-electron chi connectivity index (χ2n) is 6.76. The first kappa shape index (κ1) is 19.2. The molecule has 0 saturated carbocycles. The topological polar surface area (TPSA) is 30.7 Å². The van der Waals surface area contributed by atoms with Crippen LogP contribution in [-0.2, 0) is 17.1 Å². The summed E-state index contributed by atoms with van der Waals surface area (Å²) in [6, 6.07) is 23.5. The molecule has 3 nitrogen and oxygen atoms in total. The van der Waals surface area contributed by atoms with Crippen LogP contribution in [-0.4, -0.2) is 14.5 Å². The Kier molecular flexibility index (Phi) is 5.01. The van der Waals surface area contributed by atoms with E-state index < -0.39 is 0 Å². The van der Waals surface area contributed by atoms with Gasteiger partial charge in [-0.3, -0.25) is 9.97 Å². The summed E-state index contributed by atoms with van der Waals surface area (Å²) in [4.78, 5) is 11.8. The second-order valence-corrected chi connectivity index (χ2v) is 8.66. The van der Waals surface area contributed by atoms with Crippen LogP contribution in [0.15, 0.2) is 89.9 Å². The van der Waals surface area contributed by atoms with Crippen molar-refractivity contribution in [2.45, 2.75) is 0 Å². The molecule has 0 fully saturated rings. The van der Waals surface area contributed by atoms with Gasteiger partial charge in [-0.15, -0.1) is 22.7 Å². The second kappa shape index (κ2) is 7.82. The number of aromatic nitrogens is 3. The van der Waals surface area contributed by atoms with Gasteiger partial charge in [-0.1, -0.05) is 18.2 Å². The summed E-state index contributed by atoms with van der Waals surface area (Å²) in [5.41, 5.74) is 5.39. The van der Waals surface area contributed by atoms with E-state index in [2.05, 4.69) is 74.9 Å². The maximum absolute atomic E-state index is 4.69. The van der Waals surface area contributed by atoms with E-state index in [4.69, 9.17) is 4.98 Å². The molecule has 1 aromatic carbocycles. The summed E-state index contributed by atoms with van der Waals surface area (Å²) in [7, 11) is 0. The maximum atomic E-state index is 4.69. The van der Waals surface area contributed by atoms with Gasteiger partial charge < -0.3 is 4.57 Å². The first-order valence-electron chi connectivity index (χ1n) is 9.32. The molecule has 146 valence electrons. The van der Waals surface area contributed by atoms with Crippen LogP contribution in [0.3, 0.4) is 0 Å². The third kappa shape index (κ3) is 3.01. The molecule has 6 aromatic rings. The SMILES string of the molecule is [Fe].c1csc(-c2ccc(-c3cccs3)n2-c2cc3cccnc3c3ncccc23)c1. The van der Waals surface area contributed by atoms with Gasteiger partial charge in [0, 0.05) is 40.2 Å². The molecule has 6 rings (SSSR count). The average molecular weight is 465 g/mol. The van der Waals surface area contributed by atoms with Crippen molar-refractivity contribution in [3.05, 3.63) is 89.9 Å². The Morgan fingerprint density at radius 3 is 1.93 bits per heavy atom. The zero-order valence-electron chi connectivity index (χ0n) is 15.7. The van der Waals surface area contributed by atoms with Crippen molar-refractivity contribution in [3.8, 4) is 26.8 Å². The minimum Gasteiger partial charge on any atom is -0.307 e. The number of hydrogen-bond donors (Lipinski definition) is 0. The molecule has 30 heavy (non-hydrogen) atoms. The number of hydrogen-bond acceptors (Lipinski definition) is 4. The van der Waals surface area contributed by atoms with Gasteiger partial charge >= 0.3 is 0 Å². The third-order valence-corrected chi connectivity index (χ3v) is 6.89. The van der Waals surface area contributed by atoms with Gasteiger partial charge in [0.05, 0.1) is 37.9 Å². The molecule has 0 aliphatic rings. The Morgan fingerprint density at radius 1 is 0.667 bits per heavy atom. The van der Waals surface area contributed by atoms with E-state index in [1.807, 2.05) is 24.5 Å². The molecule has 0 radical (unpaired) electrons. The zero-order chi connectivity index (χ0) is 19.2. The largest absolute Gasteiger partial charge is 0.307 e. The fourth-order valence-corrected chi connectivity index (χ4v) is 5.35. The summed E-state index contributed by atoms with van der Waals surface area (Å²) in [6.45, 7) is 0. The minimum atomic E-state index is 0. The van der Waals surface area contributed by atoms with Gasteiger partial charge in [0.25, 0.3) is 0 Å². The minimum absolute atomic E-state index is 0. The van der Waals surface area contributed by atoms with Gasteiger partial charge in [-0.05, 0) is 59.3 Å². The molecular formula is C24H15FeN3S2. The van der Waals surface area contributed by atoms with Gasteiger partial charge in [0.1, 0.15) is 0 Å². The number of pyridine rings is 2.